The zero-order valence-electron chi connectivity index (χ0n) is 9.94. The largest absolute Gasteiger partial charge is 0.477 e. The predicted octanol–water partition coefficient (Wildman–Crippen LogP) is 3.61. The lowest BCUT2D eigenvalue weighted by molar-refractivity contribution is 0.0701. The van der Waals surface area contributed by atoms with Crippen LogP contribution in [-0.4, -0.2) is 17.0 Å². The molecule has 0 unspecified atom stereocenters. The Bertz CT molecular complexity index is 651. The maximum absolute atomic E-state index is 12.0. The minimum absolute atomic E-state index is 0.239. The fourth-order valence-corrected chi connectivity index (χ4v) is 3.02. The standard InChI is InChI=1S/C13H10INO3S/c1-7-5-10(19-11(7)13(17)18)15-12(16)8-3-2-4-9(14)6-8/h2-6H,1H3,(H,15,16)(H,17,18). The lowest BCUT2D eigenvalue weighted by Gasteiger charge is -2.02. The molecule has 6 heteroatoms. The number of thiophene rings is 1. The van der Waals surface area contributed by atoms with Crippen LogP contribution in [0.4, 0.5) is 5.00 Å². The van der Waals surface area contributed by atoms with Gasteiger partial charge in [0.2, 0.25) is 0 Å². The number of nitrogens with one attached hydrogen (secondary N) is 1. The average Bonchev–Trinajstić information content (AvgIpc) is 2.70. The van der Waals surface area contributed by atoms with Crippen molar-refractivity contribution in [2.45, 2.75) is 6.92 Å². The lowest BCUT2D eigenvalue weighted by Crippen LogP contribution is -2.10. The van der Waals surface area contributed by atoms with Crippen molar-refractivity contribution in [2.24, 2.45) is 0 Å². The summed E-state index contributed by atoms with van der Waals surface area (Å²) in [5.74, 6) is -1.21. The monoisotopic (exact) mass is 387 g/mol. The summed E-state index contributed by atoms with van der Waals surface area (Å²) in [7, 11) is 0. The van der Waals surface area contributed by atoms with Crippen LogP contribution in [0.2, 0.25) is 0 Å². The number of carboxylic acids is 1. The van der Waals surface area contributed by atoms with Crippen molar-refractivity contribution in [1.29, 1.82) is 0 Å². The van der Waals surface area contributed by atoms with Gasteiger partial charge in [0.15, 0.2) is 0 Å². The summed E-state index contributed by atoms with van der Waals surface area (Å²) in [4.78, 5) is 23.2. The number of hydrogen-bond acceptors (Lipinski definition) is 3. The molecule has 0 saturated carbocycles. The van der Waals surface area contributed by atoms with Gasteiger partial charge in [-0.15, -0.1) is 11.3 Å². The molecule has 2 aromatic rings. The average molecular weight is 387 g/mol. The van der Waals surface area contributed by atoms with Crippen LogP contribution in [0.3, 0.4) is 0 Å². The van der Waals surface area contributed by atoms with Crippen molar-refractivity contribution in [2.75, 3.05) is 5.32 Å². The fourth-order valence-electron chi connectivity index (χ4n) is 1.57. The molecule has 98 valence electrons. The van der Waals surface area contributed by atoms with E-state index in [1.165, 1.54) is 0 Å². The smallest absolute Gasteiger partial charge is 0.346 e. The Balaban J connectivity index is 2.20. The molecule has 1 heterocycles. The minimum Gasteiger partial charge on any atom is -0.477 e. The summed E-state index contributed by atoms with van der Waals surface area (Å²) in [6, 6.07) is 8.86. The Labute approximate surface area is 127 Å². The van der Waals surface area contributed by atoms with Crippen LogP contribution in [0, 0.1) is 10.5 Å². The van der Waals surface area contributed by atoms with Crippen LogP contribution in [0.15, 0.2) is 30.3 Å². The van der Waals surface area contributed by atoms with E-state index in [1.807, 2.05) is 6.07 Å². The second kappa shape index (κ2) is 5.70. The van der Waals surface area contributed by atoms with Crippen molar-refractivity contribution in [3.05, 3.63) is 49.9 Å². The first kappa shape index (κ1) is 14.0. The molecule has 1 amide bonds. The SMILES string of the molecule is Cc1cc(NC(=O)c2cccc(I)c2)sc1C(=O)O. The lowest BCUT2D eigenvalue weighted by atomic mass is 10.2. The van der Waals surface area contributed by atoms with Gasteiger partial charge in [-0.25, -0.2) is 4.79 Å². The predicted molar refractivity (Wildman–Crippen MR) is 83.1 cm³/mol. The Morgan fingerprint density at radius 1 is 1.32 bits per heavy atom. The molecule has 0 fully saturated rings. The van der Waals surface area contributed by atoms with Crippen LogP contribution in [0.25, 0.3) is 0 Å². The first-order chi connectivity index (χ1) is 8.97. The first-order valence-corrected chi connectivity index (χ1v) is 7.27. The molecule has 2 rings (SSSR count). The van der Waals surface area contributed by atoms with Crippen molar-refractivity contribution in [3.63, 3.8) is 0 Å². The van der Waals surface area contributed by atoms with Gasteiger partial charge >= 0.3 is 5.97 Å². The van der Waals surface area contributed by atoms with Crippen LogP contribution < -0.4 is 5.32 Å². The quantitative estimate of drug-likeness (QED) is 0.791. The highest BCUT2D eigenvalue weighted by molar-refractivity contribution is 14.1. The zero-order chi connectivity index (χ0) is 14.0. The van der Waals surface area contributed by atoms with Crippen molar-refractivity contribution < 1.29 is 14.7 Å². The van der Waals surface area contributed by atoms with E-state index in [9.17, 15) is 9.59 Å². The van der Waals surface area contributed by atoms with Crippen LogP contribution in [0.5, 0.6) is 0 Å². The molecule has 0 bridgehead atoms. The molecule has 0 radical (unpaired) electrons. The van der Waals surface area contributed by atoms with Gasteiger partial charge in [-0.1, -0.05) is 6.07 Å². The Morgan fingerprint density at radius 2 is 2.05 bits per heavy atom. The van der Waals surface area contributed by atoms with E-state index < -0.39 is 5.97 Å². The number of carbonyl (C=O) groups is 2. The number of rotatable bonds is 3. The van der Waals surface area contributed by atoms with Gasteiger partial charge in [0, 0.05) is 9.13 Å². The molecule has 1 aromatic heterocycles. The summed E-state index contributed by atoms with van der Waals surface area (Å²) in [6.07, 6.45) is 0. The van der Waals surface area contributed by atoms with Gasteiger partial charge in [0.1, 0.15) is 4.88 Å². The molecule has 0 aliphatic rings. The first-order valence-electron chi connectivity index (χ1n) is 5.38. The maximum atomic E-state index is 12.0. The number of aromatic carboxylic acids is 1. The normalized spacial score (nSPS) is 10.2. The Hall–Kier alpha value is -1.41. The van der Waals surface area contributed by atoms with Crippen molar-refractivity contribution in [3.8, 4) is 0 Å². The number of aryl methyl sites for hydroxylation is 1. The van der Waals surface area contributed by atoms with Gasteiger partial charge < -0.3 is 10.4 Å². The van der Waals surface area contributed by atoms with E-state index in [0.29, 0.717) is 16.1 Å². The third kappa shape index (κ3) is 3.32. The number of anilines is 1. The second-order valence-electron chi connectivity index (χ2n) is 3.89. The van der Waals surface area contributed by atoms with E-state index in [1.54, 1.807) is 31.2 Å². The summed E-state index contributed by atoms with van der Waals surface area (Å²) in [5.41, 5.74) is 1.20. The van der Waals surface area contributed by atoms with E-state index in [4.69, 9.17) is 5.11 Å². The zero-order valence-corrected chi connectivity index (χ0v) is 12.9. The number of benzene rings is 1. The van der Waals surface area contributed by atoms with Crippen LogP contribution >= 0.6 is 33.9 Å². The van der Waals surface area contributed by atoms with E-state index >= 15 is 0 Å². The highest BCUT2D eigenvalue weighted by atomic mass is 127. The summed E-state index contributed by atoms with van der Waals surface area (Å²) < 4.78 is 0.971. The molecule has 0 saturated heterocycles. The number of carboxylic acid groups (broad SMARTS) is 1. The Kier molecular flexibility index (Phi) is 4.20. The minimum atomic E-state index is -0.975. The number of hydrogen-bond donors (Lipinski definition) is 2. The Morgan fingerprint density at radius 3 is 2.63 bits per heavy atom. The van der Waals surface area contributed by atoms with Gasteiger partial charge in [0.25, 0.3) is 5.91 Å². The molecule has 4 nitrogen and oxygen atoms in total. The van der Waals surface area contributed by atoms with E-state index in [-0.39, 0.29) is 10.8 Å². The topological polar surface area (TPSA) is 66.4 Å². The molecular weight excluding hydrogens is 377 g/mol. The second-order valence-corrected chi connectivity index (χ2v) is 6.19. The van der Waals surface area contributed by atoms with Gasteiger partial charge in [0.05, 0.1) is 5.00 Å². The van der Waals surface area contributed by atoms with Crippen LogP contribution in [0.1, 0.15) is 25.6 Å². The highest BCUT2D eigenvalue weighted by Gasteiger charge is 2.14. The summed E-state index contributed by atoms with van der Waals surface area (Å²) in [6.45, 7) is 1.71. The molecule has 1 aromatic carbocycles. The third-order valence-electron chi connectivity index (χ3n) is 2.44. The molecule has 0 spiro atoms. The fraction of sp³-hybridized carbons (Fsp3) is 0.0769. The number of amides is 1. The molecular formula is C13H10INO3S. The highest BCUT2D eigenvalue weighted by Crippen LogP contribution is 2.27. The number of halogens is 1. The molecule has 2 N–H and O–H groups in total. The maximum Gasteiger partial charge on any atom is 0.346 e. The van der Waals surface area contributed by atoms with Crippen molar-refractivity contribution in [1.82, 2.24) is 0 Å². The molecule has 0 aliphatic carbocycles. The molecule has 19 heavy (non-hydrogen) atoms. The third-order valence-corrected chi connectivity index (χ3v) is 4.25. The van der Waals surface area contributed by atoms with Crippen LogP contribution in [-0.2, 0) is 0 Å². The van der Waals surface area contributed by atoms with Crippen molar-refractivity contribution >= 4 is 50.8 Å². The molecule has 0 atom stereocenters. The van der Waals surface area contributed by atoms with E-state index in [2.05, 4.69) is 27.9 Å². The molecule has 0 aliphatic heterocycles. The summed E-state index contributed by atoms with van der Waals surface area (Å²) in [5, 5.41) is 12.2. The van der Waals surface area contributed by atoms with Gasteiger partial charge in [-0.05, 0) is 59.3 Å². The number of carbonyl (C=O) groups excluding carboxylic acids is 1. The summed E-state index contributed by atoms with van der Waals surface area (Å²) >= 11 is 3.19. The van der Waals surface area contributed by atoms with Gasteiger partial charge in [-0.3, -0.25) is 4.79 Å². The van der Waals surface area contributed by atoms with Gasteiger partial charge in [-0.2, -0.15) is 0 Å². The van der Waals surface area contributed by atoms with E-state index in [0.717, 1.165) is 14.9 Å².